The van der Waals surface area contributed by atoms with Gasteiger partial charge in [-0.15, -0.1) is 5.10 Å². The smallest absolute Gasteiger partial charge is 0.182 e. The number of anilines is 1. The molecule has 112 valence electrons. The zero-order chi connectivity index (χ0) is 15.0. The maximum atomic E-state index is 6.05. The molecule has 3 rings (SSSR count). The largest absolute Gasteiger partial charge is 0.398 e. The van der Waals surface area contributed by atoms with E-state index in [1.54, 1.807) is 0 Å². The Balaban J connectivity index is 2.09. The van der Waals surface area contributed by atoms with Gasteiger partial charge in [-0.3, -0.25) is 0 Å². The van der Waals surface area contributed by atoms with Gasteiger partial charge >= 0.3 is 0 Å². The van der Waals surface area contributed by atoms with Crippen LogP contribution in [-0.4, -0.2) is 33.4 Å². The first-order valence-electron chi connectivity index (χ1n) is 7.25. The summed E-state index contributed by atoms with van der Waals surface area (Å²) in [4.78, 5) is 0. The van der Waals surface area contributed by atoms with Gasteiger partial charge in [-0.1, -0.05) is 6.07 Å². The third kappa shape index (κ3) is 2.40. The van der Waals surface area contributed by atoms with Crippen molar-refractivity contribution in [1.82, 2.24) is 20.2 Å². The average Bonchev–Trinajstić information content (AvgIpc) is 2.93. The SMILES string of the molecule is Cc1cc(C)c(-c2nnnn2C2(C)CCCOC2)cc1N. The molecule has 2 N–H and O–H groups in total. The second-order valence-corrected chi connectivity index (χ2v) is 6.09. The fourth-order valence-corrected chi connectivity index (χ4v) is 2.91. The number of benzene rings is 1. The van der Waals surface area contributed by atoms with E-state index in [9.17, 15) is 0 Å². The van der Waals surface area contributed by atoms with Gasteiger partial charge in [-0.2, -0.15) is 0 Å². The van der Waals surface area contributed by atoms with Crippen molar-refractivity contribution in [3.63, 3.8) is 0 Å². The fraction of sp³-hybridized carbons (Fsp3) is 0.533. The molecule has 2 aromatic rings. The van der Waals surface area contributed by atoms with E-state index in [0.29, 0.717) is 6.61 Å². The number of nitrogen functional groups attached to an aromatic ring is 1. The third-order valence-electron chi connectivity index (χ3n) is 4.25. The van der Waals surface area contributed by atoms with Crippen LogP contribution in [0.1, 0.15) is 30.9 Å². The Morgan fingerprint density at radius 2 is 2.10 bits per heavy atom. The highest BCUT2D eigenvalue weighted by Crippen LogP contribution is 2.32. The van der Waals surface area contributed by atoms with E-state index < -0.39 is 0 Å². The molecule has 1 fully saturated rings. The number of aromatic nitrogens is 4. The molecule has 0 saturated carbocycles. The first kappa shape index (κ1) is 14.0. The Hall–Kier alpha value is -1.95. The predicted octanol–water partition coefficient (Wildman–Crippen LogP) is 2.06. The average molecular weight is 287 g/mol. The Morgan fingerprint density at radius 3 is 2.81 bits per heavy atom. The molecule has 1 aliphatic rings. The maximum absolute atomic E-state index is 6.05. The molecule has 0 bridgehead atoms. The molecule has 1 unspecified atom stereocenters. The fourth-order valence-electron chi connectivity index (χ4n) is 2.91. The van der Waals surface area contributed by atoms with Crippen molar-refractivity contribution in [2.45, 2.75) is 39.2 Å². The number of rotatable bonds is 2. The van der Waals surface area contributed by atoms with Crippen LogP contribution in [0.25, 0.3) is 11.4 Å². The van der Waals surface area contributed by atoms with E-state index >= 15 is 0 Å². The number of aryl methyl sites for hydroxylation is 2. The summed E-state index contributed by atoms with van der Waals surface area (Å²) in [6.07, 6.45) is 2.02. The number of nitrogens with two attached hydrogens (primary N) is 1. The lowest BCUT2D eigenvalue weighted by Crippen LogP contribution is -2.40. The van der Waals surface area contributed by atoms with Gasteiger partial charge in [0.15, 0.2) is 5.82 Å². The van der Waals surface area contributed by atoms with Gasteiger partial charge in [0.25, 0.3) is 0 Å². The van der Waals surface area contributed by atoms with Gasteiger partial charge in [0, 0.05) is 17.9 Å². The monoisotopic (exact) mass is 287 g/mol. The molecule has 0 spiro atoms. The summed E-state index contributed by atoms with van der Waals surface area (Å²) in [5, 5.41) is 12.3. The van der Waals surface area contributed by atoms with E-state index in [-0.39, 0.29) is 5.54 Å². The van der Waals surface area contributed by atoms with Crippen LogP contribution in [0.15, 0.2) is 12.1 Å². The minimum Gasteiger partial charge on any atom is -0.398 e. The van der Waals surface area contributed by atoms with Gasteiger partial charge in [-0.05, 0) is 61.2 Å². The highest BCUT2D eigenvalue weighted by Gasteiger charge is 2.34. The van der Waals surface area contributed by atoms with E-state index in [4.69, 9.17) is 10.5 Å². The summed E-state index contributed by atoms with van der Waals surface area (Å²) in [5.41, 5.74) is 9.79. The quantitative estimate of drug-likeness (QED) is 0.855. The van der Waals surface area contributed by atoms with Crippen LogP contribution in [0.4, 0.5) is 5.69 Å². The summed E-state index contributed by atoms with van der Waals surface area (Å²) >= 11 is 0. The van der Waals surface area contributed by atoms with Crippen LogP contribution < -0.4 is 5.73 Å². The Morgan fingerprint density at radius 1 is 1.29 bits per heavy atom. The lowest BCUT2D eigenvalue weighted by molar-refractivity contribution is 0.00348. The van der Waals surface area contributed by atoms with Crippen LogP contribution in [-0.2, 0) is 10.3 Å². The number of hydrogen-bond acceptors (Lipinski definition) is 5. The molecular weight excluding hydrogens is 266 g/mol. The normalized spacial score (nSPS) is 22.4. The summed E-state index contributed by atoms with van der Waals surface area (Å²) in [6, 6.07) is 4.03. The second kappa shape index (κ2) is 5.11. The summed E-state index contributed by atoms with van der Waals surface area (Å²) < 4.78 is 7.52. The van der Waals surface area contributed by atoms with Crippen molar-refractivity contribution < 1.29 is 4.74 Å². The van der Waals surface area contributed by atoms with Crippen LogP contribution >= 0.6 is 0 Å². The number of hydrogen-bond donors (Lipinski definition) is 1. The maximum Gasteiger partial charge on any atom is 0.182 e. The Bertz CT molecular complexity index is 658. The van der Waals surface area contributed by atoms with Crippen LogP contribution in [0.2, 0.25) is 0 Å². The minimum absolute atomic E-state index is 0.205. The van der Waals surface area contributed by atoms with Gasteiger partial charge in [0.05, 0.1) is 12.1 Å². The lowest BCUT2D eigenvalue weighted by Gasteiger charge is -2.33. The second-order valence-electron chi connectivity index (χ2n) is 6.09. The van der Waals surface area contributed by atoms with Gasteiger partial charge in [-0.25, -0.2) is 4.68 Å². The highest BCUT2D eigenvalue weighted by atomic mass is 16.5. The van der Waals surface area contributed by atoms with Gasteiger partial charge < -0.3 is 10.5 Å². The van der Waals surface area contributed by atoms with Crippen molar-refractivity contribution in [2.24, 2.45) is 0 Å². The van der Waals surface area contributed by atoms with Crippen molar-refractivity contribution in [3.05, 3.63) is 23.3 Å². The van der Waals surface area contributed by atoms with E-state index in [2.05, 4.69) is 35.4 Å². The van der Waals surface area contributed by atoms with Gasteiger partial charge in [0.1, 0.15) is 0 Å². The molecule has 1 aliphatic heterocycles. The topological polar surface area (TPSA) is 78.8 Å². The standard InChI is InChI=1S/C15H21N5O/c1-10-7-11(2)13(16)8-12(10)14-17-18-19-20(14)15(3)5-4-6-21-9-15/h7-8H,4-6,9,16H2,1-3H3. The molecule has 21 heavy (non-hydrogen) atoms. The van der Waals surface area contributed by atoms with Crippen molar-refractivity contribution in [1.29, 1.82) is 0 Å². The number of ether oxygens (including phenoxy) is 1. The number of nitrogens with zero attached hydrogens (tertiary/aromatic N) is 4. The van der Waals surface area contributed by atoms with Crippen molar-refractivity contribution in [2.75, 3.05) is 18.9 Å². The zero-order valence-corrected chi connectivity index (χ0v) is 12.8. The third-order valence-corrected chi connectivity index (χ3v) is 4.25. The summed E-state index contributed by atoms with van der Waals surface area (Å²) in [5.74, 6) is 0.757. The summed E-state index contributed by atoms with van der Waals surface area (Å²) in [7, 11) is 0. The highest BCUT2D eigenvalue weighted by molar-refractivity contribution is 5.67. The van der Waals surface area contributed by atoms with E-state index in [0.717, 1.165) is 47.7 Å². The van der Waals surface area contributed by atoms with Crippen LogP contribution in [0.5, 0.6) is 0 Å². The molecule has 0 amide bonds. The van der Waals surface area contributed by atoms with E-state index in [1.165, 1.54) is 0 Å². The van der Waals surface area contributed by atoms with Crippen molar-refractivity contribution in [3.8, 4) is 11.4 Å². The lowest BCUT2D eigenvalue weighted by atomic mass is 9.94. The zero-order valence-electron chi connectivity index (χ0n) is 12.8. The Kier molecular flexibility index (Phi) is 3.41. The molecular formula is C15H21N5O. The Labute approximate surface area is 124 Å². The molecule has 1 aromatic carbocycles. The molecule has 0 radical (unpaired) electrons. The molecule has 0 aliphatic carbocycles. The van der Waals surface area contributed by atoms with Crippen LogP contribution in [0, 0.1) is 13.8 Å². The van der Waals surface area contributed by atoms with Gasteiger partial charge in [0.2, 0.25) is 0 Å². The molecule has 1 aromatic heterocycles. The first-order valence-corrected chi connectivity index (χ1v) is 7.25. The molecule has 6 nitrogen and oxygen atoms in total. The van der Waals surface area contributed by atoms with E-state index in [1.807, 2.05) is 17.7 Å². The number of tetrazole rings is 1. The summed E-state index contributed by atoms with van der Waals surface area (Å²) in [6.45, 7) is 7.64. The molecule has 6 heteroatoms. The van der Waals surface area contributed by atoms with Crippen LogP contribution in [0.3, 0.4) is 0 Å². The molecule has 2 heterocycles. The minimum atomic E-state index is -0.205. The molecule has 1 atom stereocenters. The first-order chi connectivity index (χ1) is 10.0. The molecule has 1 saturated heterocycles. The van der Waals surface area contributed by atoms with Crippen molar-refractivity contribution >= 4 is 5.69 Å². The predicted molar refractivity (Wildman–Crippen MR) is 80.8 cm³/mol.